The van der Waals surface area contributed by atoms with Crippen LogP contribution in [0.4, 0.5) is 0 Å². The van der Waals surface area contributed by atoms with Crippen molar-refractivity contribution in [3.63, 3.8) is 0 Å². The molecule has 4 nitrogen and oxygen atoms in total. The normalized spacial score (nSPS) is 10.2. The Hall–Kier alpha value is -1.91. The fourth-order valence-corrected chi connectivity index (χ4v) is 2.13. The Labute approximate surface area is 131 Å². The van der Waals surface area contributed by atoms with Gasteiger partial charge in [0.05, 0.1) is 5.56 Å². The van der Waals surface area contributed by atoms with Gasteiger partial charge < -0.3 is 14.6 Å². The van der Waals surface area contributed by atoms with Crippen LogP contribution in [-0.4, -0.2) is 24.3 Å². The van der Waals surface area contributed by atoms with Crippen LogP contribution >= 0.6 is 23.2 Å². The average molecular weight is 327 g/mol. The van der Waals surface area contributed by atoms with Crippen molar-refractivity contribution in [2.24, 2.45) is 0 Å². The van der Waals surface area contributed by atoms with Crippen LogP contribution in [0, 0.1) is 0 Å². The number of hydrogen-bond donors (Lipinski definition) is 1. The van der Waals surface area contributed by atoms with Crippen LogP contribution in [0.5, 0.6) is 11.5 Å². The Bertz CT molecular complexity index is 606. The molecule has 0 aliphatic rings. The third-order valence-corrected chi connectivity index (χ3v) is 2.99. The maximum Gasteiger partial charge on any atom is 0.335 e. The van der Waals surface area contributed by atoms with Gasteiger partial charge in [-0.15, -0.1) is 0 Å². The summed E-state index contributed by atoms with van der Waals surface area (Å²) in [7, 11) is 0. The lowest BCUT2D eigenvalue weighted by Crippen LogP contribution is -2.09. The third kappa shape index (κ3) is 4.85. The highest BCUT2D eigenvalue weighted by Gasteiger charge is 2.03. The van der Waals surface area contributed by atoms with E-state index in [-0.39, 0.29) is 5.56 Å². The van der Waals surface area contributed by atoms with Gasteiger partial charge in [-0.05, 0) is 42.5 Å². The highest BCUT2D eigenvalue weighted by molar-refractivity contribution is 6.34. The van der Waals surface area contributed by atoms with Gasteiger partial charge >= 0.3 is 5.97 Å². The van der Waals surface area contributed by atoms with E-state index in [1.54, 1.807) is 30.3 Å². The van der Waals surface area contributed by atoms with Crippen LogP contribution in [0.25, 0.3) is 0 Å². The summed E-state index contributed by atoms with van der Waals surface area (Å²) in [6.45, 7) is 0.633. The number of carboxylic acids is 1. The van der Waals surface area contributed by atoms with Crippen molar-refractivity contribution in [1.82, 2.24) is 0 Å². The minimum atomic E-state index is -0.970. The Morgan fingerprint density at radius 1 is 0.905 bits per heavy atom. The molecule has 0 aromatic heterocycles. The Morgan fingerprint density at radius 2 is 1.43 bits per heavy atom. The zero-order valence-corrected chi connectivity index (χ0v) is 12.4. The first kappa shape index (κ1) is 15.5. The van der Waals surface area contributed by atoms with Gasteiger partial charge in [-0.25, -0.2) is 4.79 Å². The molecule has 0 fully saturated rings. The van der Waals surface area contributed by atoms with Crippen molar-refractivity contribution in [3.05, 3.63) is 58.1 Å². The van der Waals surface area contributed by atoms with Crippen molar-refractivity contribution < 1.29 is 19.4 Å². The molecule has 2 aromatic carbocycles. The second kappa shape index (κ2) is 7.20. The lowest BCUT2D eigenvalue weighted by atomic mass is 10.2. The highest BCUT2D eigenvalue weighted by Crippen LogP contribution is 2.24. The fourth-order valence-electron chi connectivity index (χ4n) is 1.62. The predicted octanol–water partition coefficient (Wildman–Crippen LogP) is 4.15. The van der Waals surface area contributed by atoms with Crippen LogP contribution in [-0.2, 0) is 0 Å². The number of carboxylic acid groups (broad SMARTS) is 1. The van der Waals surface area contributed by atoms with Gasteiger partial charge in [0.1, 0.15) is 24.7 Å². The molecule has 0 saturated carbocycles. The molecule has 21 heavy (non-hydrogen) atoms. The smallest absolute Gasteiger partial charge is 0.335 e. The third-order valence-electron chi connectivity index (χ3n) is 2.56. The molecular weight excluding hydrogens is 315 g/mol. The second-order valence-electron chi connectivity index (χ2n) is 4.13. The van der Waals surface area contributed by atoms with Crippen molar-refractivity contribution in [1.29, 1.82) is 0 Å². The van der Waals surface area contributed by atoms with E-state index in [1.807, 2.05) is 0 Å². The van der Waals surface area contributed by atoms with E-state index >= 15 is 0 Å². The first-order valence-electron chi connectivity index (χ1n) is 6.09. The molecular formula is C15H12Cl2O4. The lowest BCUT2D eigenvalue weighted by molar-refractivity contribution is 0.0697. The molecule has 0 atom stereocenters. The summed E-state index contributed by atoms with van der Waals surface area (Å²) < 4.78 is 10.9. The number of carbonyl (C=O) groups is 1. The van der Waals surface area contributed by atoms with E-state index in [0.717, 1.165) is 0 Å². The first-order valence-corrected chi connectivity index (χ1v) is 6.85. The standard InChI is InChI=1S/C15H12Cl2O4/c16-11-7-12(17)9-14(8-11)21-6-5-20-13-3-1-10(2-4-13)15(18)19/h1-4,7-9H,5-6H2,(H,18,19). The summed E-state index contributed by atoms with van der Waals surface area (Å²) in [5, 5.41) is 9.78. The molecule has 0 aliphatic heterocycles. The number of ether oxygens (including phenoxy) is 2. The van der Waals surface area contributed by atoms with Crippen molar-refractivity contribution in [2.45, 2.75) is 0 Å². The van der Waals surface area contributed by atoms with Crippen LogP contribution in [0.2, 0.25) is 10.0 Å². The average Bonchev–Trinajstić information content (AvgIpc) is 2.43. The fraction of sp³-hybridized carbons (Fsp3) is 0.133. The van der Waals surface area contributed by atoms with E-state index < -0.39 is 5.97 Å². The largest absolute Gasteiger partial charge is 0.490 e. The summed E-state index contributed by atoms with van der Waals surface area (Å²) in [5.41, 5.74) is 0.215. The molecule has 0 heterocycles. The monoisotopic (exact) mass is 326 g/mol. The maximum absolute atomic E-state index is 10.7. The number of hydrogen-bond acceptors (Lipinski definition) is 3. The molecule has 0 saturated heterocycles. The SMILES string of the molecule is O=C(O)c1ccc(OCCOc2cc(Cl)cc(Cl)c2)cc1. The minimum absolute atomic E-state index is 0.215. The molecule has 110 valence electrons. The van der Waals surface area contributed by atoms with Gasteiger partial charge in [0.15, 0.2) is 0 Å². The van der Waals surface area contributed by atoms with E-state index in [1.165, 1.54) is 12.1 Å². The van der Waals surface area contributed by atoms with Crippen molar-refractivity contribution in [3.8, 4) is 11.5 Å². The molecule has 0 unspecified atom stereocenters. The lowest BCUT2D eigenvalue weighted by Gasteiger charge is -2.09. The summed E-state index contributed by atoms with van der Waals surface area (Å²) >= 11 is 11.7. The number of aromatic carboxylic acids is 1. The molecule has 2 aromatic rings. The molecule has 0 aliphatic carbocycles. The topological polar surface area (TPSA) is 55.8 Å². The molecule has 2 rings (SSSR count). The van der Waals surface area contributed by atoms with Gasteiger partial charge in [0, 0.05) is 10.0 Å². The van der Waals surface area contributed by atoms with Crippen LogP contribution in [0.15, 0.2) is 42.5 Å². The summed E-state index contributed by atoms with van der Waals surface area (Å²) in [6, 6.07) is 11.1. The van der Waals surface area contributed by atoms with Crippen molar-refractivity contribution in [2.75, 3.05) is 13.2 Å². The summed E-state index contributed by atoms with van der Waals surface area (Å²) in [4.78, 5) is 10.7. The second-order valence-corrected chi connectivity index (χ2v) is 5.00. The van der Waals surface area contributed by atoms with Gasteiger partial charge in [-0.2, -0.15) is 0 Å². The van der Waals surface area contributed by atoms with Gasteiger partial charge in [0.25, 0.3) is 0 Å². The zero-order chi connectivity index (χ0) is 15.2. The molecule has 0 amide bonds. The molecule has 6 heteroatoms. The van der Waals surface area contributed by atoms with E-state index in [0.29, 0.717) is 34.8 Å². The Kier molecular flexibility index (Phi) is 5.31. The first-order chi connectivity index (χ1) is 10.0. The van der Waals surface area contributed by atoms with E-state index in [2.05, 4.69) is 0 Å². The molecule has 0 spiro atoms. The summed E-state index contributed by atoms with van der Waals surface area (Å²) in [6.07, 6.45) is 0. The van der Waals surface area contributed by atoms with Crippen LogP contribution in [0.1, 0.15) is 10.4 Å². The number of benzene rings is 2. The van der Waals surface area contributed by atoms with E-state index in [4.69, 9.17) is 37.8 Å². The summed E-state index contributed by atoms with van der Waals surface area (Å²) in [5.74, 6) is 0.174. The molecule has 0 bridgehead atoms. The van der Waals surface area contributed by atoms with Crippen LogP contribution < -0.4 is 9.47 Å². The van der Waals surface area contributed by atoms with E-state index in [9.17, 15) is 4.79 Å². The van der Waals surface area contributed by atoms with Crippen molar-refractivity contribution >= 4 is 29.2 Å². The predicted molar refractivity (Wildman–Crippen MR) is 80.9 cm³/mol. The van der Waals surface area contributed by atoms with Gasteiger partial charge in [0.2, 0.25) is 0 Å². The maximum atomic E-state index is 10.7. The quantitative estimate of drug-likeness (QED) is 0.810. The van der Waals surface area contributed by atoms with Gasteiger partial charge in [-0.3, -0.25) is 0 Å². The minimum Gasteiger partial charge on any atom is -0.490 e. The highest BCUT2D eigenvalue weighted by atomic mass is 35.5. The zero-order valence-electron chi connectivity index (χ0n) is 10.9. The number of rotatable bonds is 6. The molecule has 0 radical (unpaired) electrons. The van der Waals surface area contributed by atoms with Crippen LogP contribution in [0.3, 0.4) is 0 Å². The molecule has 1 N–H and O–H groups in total. The Morgan fingerprint density at radius 3 is 1.95 bits per heavy atom. The number of halogens is 2. The Balaban J connectivity index is 1.80. The van der Waals surface area contributed by atoms with Gasteiger partial charge in [-0.1, -0.05) is 23.2 Å².